The largest absolute Gasteiger partial charge is 0.481 e. The summed E-state index contributed by atoms with van der Waals surface area (Å²) in [4.78, 5) is 14.1. The number of hydrogen-bond acceptors (Lipinski definition) is 3. The number of benzene rings is 1. The monoisotopic (exact) mass is 267 g/mol. The topological polar surface area (TPSA) is 87.2 Å². The molecule has 0 atom stereocenters. The Morgan fingerprint density at radius 1 is 1.39 bits per heavy atom. The van der Waals surface area contributed by atoms with Gasteiger partial charge in [0.05, 0.1) is 11.3 Å². The zero-order valence-electron chi connectivity index (χ0n) is 10.0. The highest BCUT2D eigenvalue weighted by Crippen LogP contribution is 2.25. The van der Waals surface area contributed by atoms with E-state index in [1.165, 1.54) is 12.1 Å². The number of aliphatic carboxylic acids is 1. The summed E-state index contributed by atoms with van der Waals surface area (Å²) in [6.07, 6.45) is 1.00. The molecule has 96 valence electrons. The van der Waals surface area contributed by atoms with Crippen LogP contribution in [0, 0.1) is 6.92 Å². The first kappa shape index (κ1) is 12.6. The molecule has 0 aliphatic rings. The first-order valence-corrected chi connectivity index (χ1v) is 7.21. The number of H-pyrrole nitrogens is 1. The summed E-state index contributed by atoms with van der Waals surface area (Å²) < 4.78 is 23.0. The summed E-state index contributed by atoms with van der Waals surface area (Å²) in [6, 6.07) is 4.69. The Bertz CT molecular complexity index is 728. The molecule has 0 unspecified atom stereocenters. The first-order chi connectivity index (χ1) is 8.29. The quantitative estimate of drug-likeness (QED) is 0.882. The molecule has 2 N–H and O–H groups in total. The minimum Gasteiger partial charge on any atom is -0.481 e. The van der Waals surface area contributed by atoms with Crippen molar-refractivity contribution in [2.24, 2.45) is 0 Å². The molecule has 5 nitrogen and oxygen atoms in total. The van der Waals surface area contributed by atoms with E-state index in [0.717, 1.165) is 17.5 Å². The van der Waals surface area contributed by atoms with Crippen LogP contribution in [0.3, 0.4) is 0 Å². The van der Waals surface area contributed by atoms with E-state index in [1.54, 1.807) is 13.0 Å². The number of rotatable bonds is 3. The molecule has 0 amide bonds. The third-order valence-corrected chi connectivity index (χ3v) is 3.96. The maximum absolute atomic E-state index is 11.5. The van der Waals surface area contributed by atoms with Gasteiger partial charge in [-0.15, -0.1) is 0 Å². The molecule has 0 fully saturated rings. The third kappa shape index (κ3) is 2.24. The molecule has 0 aliphatic heterocycles. The van der Waals surface area contributed by atoms with E-state index in [1.807, 2.05) is 0 Å². The van der Waals surface area contributed by atoms with Crippen molar-refractivity contribution in [3.05, 3.63) is 29.5 Å². The average Bonchev–Trinajstić information content (AvgIpc) is 2.53. The highest BCUT2D eigenvalue weighted by atomic mass is 32.2. The van der Waals surface area contributed by atoms with Crippen LogP contribution in [0.25, 0.3) is 10.9 Å². The van der Waals surface area contributed by atoms with E-state index in [2.05, 4.69) is 4.98 Å². The maximum atomic E-state index is 11.5. The first-order valence-electron chi connectivity index (χ1n) is 5.32. The maximum Gasteiger partial charge on any atom is 0.307 e. The predicted molar refractivity (Wildman–Crippen MR) is 67.5 cm³/mol. The van der Waals surface area contributed by atoms with Gasteiger partial charge in [-0.1, -0.05) is 0 Å². The lowest BCUT2D eigenvalue weighted by molar-refractivity contribution is -0.136. The van der Waals surface area contributed by atoms with Crippen LogP contribution in [-0.2, 0) is 21.1 Å². The molecule has 0 spiro atoms. The van der Waals surface area contributed by atoms with Gasteiger partial charge in [0.25, 0.3) is 0 Å². The molecule has 0 saturated heterocycles. The number of hydrogen-bond donors (Lipinski definition) is 2. The molecule has 18 heavy (non-hydrogen) atoms. The summed E-state index contributed by atoms with van der Waals surface area (Å²) in [7, 11) is -3.29. The van der Waals surface area contributed by atoms with E-state index in [4.69, 9.17) is 5.11 Å². The number of sulfone groups is 1. The molecule has 0 bridgehead atoms. The van der Waals surface area contributed by atoms with Crippen molar-refractivity contribution in [3.63, 3.8) is 0 Å². The predicted octanol–water partition coefficient (Wildman–Crippen LogP) is 1.51. The molecule has 0 aliphatic carbocycles. The van der Waals surface area contributed by atoms with Crippen molar-refractivity contribution < 1.29 is 18.3 Å². The summed E-state index contributed by atoms with van der Waals surface area (Å²) in [6.45, 7) is 1.78. The summed E-state index contributed by atoms with van der Waals surface area (Å²) in [5.41, 5.74) is 2.12. The van der Waals surface area contributed by atoms with Crippen LogP contribution in [0.5, 0.6) is 0 Å². The molecular formula is C12H13NO4S. The Labute approximate surface area is 104 Å². The molecule has 2 aromatic rings. The van der Waals surface area contributed by atoms with Crippen molar-refractivity contribution >= 4 is 26.7 Å². The SMILES string of the molecule is Cc1[nH]c2ccc(S(C)(=O)=O)cc2c1CC(=O)O. The Morgan fingerprint density at radius 3 is 2.61 bits per heavy atom. The van der Waals surface area contributed by atoms with Crippen molar-refractivity contribution in [2.75, 3.05) is 6.26 Å². The van der Waals surface area contributed by atoms with E-state index in [0.29, 0.717) is 10.9 Å². The van der Waals surface area contributed by atoms with Crippen LogP contribution in [-0.4, -0.2) is 30.7 Å². The Kier molecular flexibility index (Phi) is 2.90. The molecule has 0 saturated carbocycles. The molecule has 2 rings (SSSR count). The molecular weight excluding hydrogens is 254 g/mol. The number of aromatic nitrogens is 1. The number of carboxylic acids is 1. The minimum absolute atomic E-state index is 0.126. The number of fused-ring (bicyclic) bond motifs is 1. The fourth-order valence-electron chi connectivity index (χ4n) is 1.97. The van der Waals surface area contributed by atoms with Crippen LogP contribution in [0.1, 0.15) is 11.3 Å². The summed E-state index contributed by atoms with van der Waals surface area (Å²) in [5.74, 6) is -0.941. The van der Waals surface area contributed by atoms with Crippen molar-refractivity contribution in [3.8, 4) is 0 Å². The van der Waals surface area contributed by atoms with Crippen molar-refractivity contribution in [1.82, 2.24) is 4.98 Å². The third-order valence-electron chi connectivity index (χ3n) is 2.85. The van der Waals surface area contributed by atoms with Gasteiger partial charge in [-0.25, -0.2) is 8.42 Å². The van der Waals surface area contributed by atoms with E-state index in [-0.39, 0.29) is 11.3 Å². The van der Waals surface area contributed by atoms with Gasteiger partial charge in [0, 0.05) is 22.9 Å². The standard InChI is InChI=1S/C12H13NO4S/c1-7-9(6-12(14)15)10-5-8(18(2,16)17)3-4-11(10)13-7/h3-5,13H,6H2,1-2H3,(H,14,15). The Hall–Kier alpha value is -1.82. The Morgan fingerprint density at radius 2 is 2.06 bits per heavy atom. The second-order valence-electron chi connectivity index (χ2n) is 4.28. The lowest BCUT2D eigenvalue weighted by Gasteiger charge is -2.00. The van der Waals surface area contributed by atoms with E-state index in [9.17, 15) is 13.2 Å². The van der Waals surface area contributed by atoms with E-state index >= 15 is 0 Å². The summed E-state index contributed by atoms with van der Waals surface area (Å²) in [5, 5.41) is 9.52. The lowest BCUT2D eigenvalue weighted by atomic mass is 10.1. The number of carboxylic acid groups (broad SMARTS) is 1. The number of carbonyl (C=O) groups is 1. The second kappa shape index (κ2) is 4.13. The smallest absolute Gasteiger partial charge is 0.307 e. The van der Waals surface area contributed by atoms with Gasteiger partial charge in [-0.05, 0) is 30.7 Å². The van der Waals surface area contributed by atoms with Crippen molar-refractivity contribution in [1.29, 1.82) is 0 Å². The second-order valence-corrected chi connectivity index (χ2v) is 6.29. The van der Waals surface area contributed by atoms with Gasteiger partial charge < -0.3 is 10.1 Å². The zero-order chi connectivity index (χ0) is 13.5. The van der Waals surface area contributed by atoms with Crippen LogP contribution < -0.4 is 0 Å². The molecule has 1 heterocycles. The molecule has 1 aromatic heterocycles. The number of aryl methyl sites for hydroxylation is 1. The van der Waals surface area contributed by atoms with Gasteiger partial charge in [-0.3, -0.25) is 4.79 Å². The fraction of sp³-hybridized carbons (Fsp3) is 0.250. The zero-order valence-corrected chi connectivity index (χ0v) is 10.8. The number of aromatic amines is 1. The Balaban J connectivity index is 2.70. The number of nitrogens with one attached hydrogen (secondary N) is 1. The average molecular weight is 267 g/mol. The highest BCUT2D eigenvalue weighted by molar-refractivity contribution is 7.90. The molecule has 6 heteroatoms. The van der Waals surface area contributed by atoms with Crippen LogP contribution >= 0.6 is 0 Å². The van der Waals surface area contributed by atoms with Crippen LogP contribution in [0.4, 0.5) is 0 Å². The summed E-state index contributed by atoms with van der Waals surface area (Å²) >= 11 is 0. The molecule has 0 radical (unpaired) electrons. The van der Waals surface area contributed by atoms with Gasteiger partial charge in [0.15, 0.2) is 9.84 Å². The highest BCUT2D eigenvalue weighted by Gasteiger charge is 2.14. The van der Waals surface area contributed by atoms with Gasteiger partial charge >= 0.3 is 5.97 Å². The van der Waals surface area contributed by atoms with Gasteiger partial charge in [-0.2, -0.15) is 0 Å². The molecule has 1 aromatic carbocycles. The fourth-order valence-corrected chi connectivity index (χ4v) is 2.62. The van der Waals surface area contributed by atoms with Crippen LogP contribution in [0.15, 0.2) is 23.1 Å². The van der Waals surface area contributed by atoms with Gasteiger partial charge in [0.1, 0.15) is 0 Å². The van der Waals surface area contributed by atoms with Crippen LogP contribution in [0.2, 0.25) is 0 Å². The minimum atomic E-state index is -3.29. The van der Waals surface area contributed by atoms with Crippen molar-refractivity contribution in [2.45, 2.75) is 18.2 Å². The lowest BCUT2D eigenvalue weighted by Crippen LogP contribution is -2.01. The van der Waals surface area contributed by atoms with Gasteiger partial charge in [0.2, 0.25) is 0 Å². The van der Waals surface area contributed by atoms with E-state index < -0.39 is 15.8 Å². The normalized spacial score (nSPS) is 11.9.